The van der Waals surface area contributed by atoms with E-state index in [1.807, 2.05) is 17.7 Å². The van der Waals surface area contributed by atoms with Crippen molar-refractivity contribution in [2.24, 2.45) is 0 Å². The molecule has 0 aliphatic rings. The molecule has 0 radical (unpaired) electrons. The van der Waals surface area contributed by atoms with Crippen molar-refractivity contribution in [2.45, 2.75) is 6.92 Å². The monoisotopic (exact) mass is 327 g/mol. The van der Waals surface area contributed by atoms with Crippen LogP contribution in [0.25, 0.3) is 11.3 Å². The van der Waals surface area contributed by atoms with Gasteiger partial charge in [0.15, 0.2) is 5.69 Å². The number of hydrogen-bond donors (Lipinski definition) is 1. The molecule has 7 heteroatoms. The van der Waals surface area contributed by atoms with E-state index in [0.717, 1.165) is 16.6 Å². The molecule has 0 amide bonds. The summed E-state index contributed by atoms with van der Waals surface area (Å²) in [4.78, 5) is 14.9. The van der Waals surface area contributed by atoms with E-state index in [0.29, 0.717) is 11.5 Å². The first-order valence-electron chi connectivity index (χ1n) is 5.25. The van der Waals surface area contributed by atoms with Gasteiger partial charge in [0, 0.05) is 33.4 Å². The number of nitro groups is 1. The largest absolute Gasteiger partial charge is 0.370 e. The number of anilines is 1. The Hall–Kier alpha value is -1.47. The number of thiophene rings is 1. The lowest BCUT2D eigenvalue weighted by atomic mass is 10.2. The summed E-state index contributed by atoms with van der Waals surface area (Å²) < 4.78 is 0.816. The molecule has 0 aromatic carbocycles. The molecule has 0 atom stereocenters. The van der Waals surface area contributed by atoms with Gasteiger partial charge >= 0.3 is 0 Å². The molecule has 0 fully saturated rings. The maximum Gasteiger partial charge on any atom is 0.295 e. The van der Waals surface area contributed by atoms with Gasteiger partial charge in [0.1, 0.15) is 5.82 Å². The Bertz CT molecular complexity index is 585. The van der Waals surface area contributed by atoms with Gasteiger partial charge in [0.2, 0.25) is 0 Å². The van der Waals surface area contributed by atoms with Crippen molar-refractivity contribution >= 4 is 38.8 Å². The second kappa shape index (κ2) is 5.45. The summed E-state index contributed by atoms with van der Waals surface area (Å²) in [7, 11) is 0. The third kappa shape index (κ3) is 2.51. The maximum absolute atomic E-state index is 11.0. The molecule has 18 heavy (non-hydrogen) atoms. The number of nitrogens with one attached hydrogen (secondary N) is 1. The van der Waals surface area contributed by atoms with Crippen molar-refractivity contribution in [3.8, 4) is 11.3 Å². The predicted molar refractivity (Wildman–Crippen MR) is 76.1 cm³/mol. The molecular weight excluding hydrogens is 318 g/mol. The van der Waals surface area contributed by atoms with Crippen molar-refractivity contribution in [1.29, 1.82) is 0 Å². The molecule has 1 N–H and O–H groups in total. The minimum absolute atomic E-state index is 0.00996. The van der Waals surface area contributed by atoms with E-state index >= 15 is 0 Å². The van der Waals surface area contributed by atoms with E-state index in [4.69, 9.17) is 0 Å². The third-order valence-corrected chi connectivity index (χ3v) is 4.00. The minimum Gasteiger partial charge on any atom is -0.370 e. The van der Waals surface area contributed by atoms with Gasteiger partial charge in [-0.1, -0.05) is 0 Å². The van der Waals surface area contributed by atoms with Gasteiger partial charge in [0.05, 0.1) is 4.92 Å². The fraction of sp³-hybridized carbons (Fsp3) is 0.182. The normalized spacial score (nSPS) is 10.3. The number of nitrogens with zero attached hydrogens (tertiary/aromatic N) is 2. The highest BCUT2D eigenvalue weighted by atomic mass is 79.9. The van der Waals surface area contributed by atoms with Crippen LogP contribution in [0.15, 0.2) is 27.4 Å². The molecule has 2 rings (SSSR count). The second-order valence-electron chi connectivity index (χ2n) is 3.49. The van der Waals surface area contributed by atoms with Crippen LogP contribution < -0.4 is 5.32 Å². The Labute approximate surface area is 116 Å². The Morgan fingerprint density at radius 1 is 1.50 bits per heavy atom. The molecule has 0 saturated heterocycles. The summed E-state index contributed by atoms with van der Waals surface area (Å²) in [6.07, 6.45) is 0. The van der Waals surface area contributed by atoms with Crippen LogP contribution in [0, 0.1) is 10.1 Å². The molecule has 2 aromatic rings. The summed E-state index contributed by atoms with van der Waals surface area (Å²) in [6.45, 7) is 2.67. The van der Waals surface area contributed by atoms with E-state index in [2.05, 4.69) is 26.2 Å². The van der Waals surface area contributed by atoms with Gasteiger partial charge in [-0.15, -0.1) is 0 Å². The SMILES string of the molecule is CCNc1ccc([N+](=O)[O-])c(-c2cscc2Br)n1. The van der Waals surface area contributed by atoms with Crippen LogP contribution in [0.4, 0.5) is 11.5 Å². The Morgan fingerprint density at radius 3 is 2.83 bits per heavy atom. The molecule has 2 heterocycles. The predicted octanol–water partition coefficient (Wildman–Crippen LogP) is 3.91. The summed E-state index contributed by atoms with van der Waals surface area (Å²) in [5.41, 5.74) is 1.13. The van der Waals surface area contributed by atoms with E-state index < -0.39 is 4.92 Å². The number of aromatic nitrogens is 1. The average molecular weight is 328 g/mol. The molecule has 0 bridgehead atoms. The second-order valence-corrected chi connectivity index (χ2v) is 5.08. The Kier molecular flexibility index (Phi) is 3.93. The van der Waals surface area contributed by atoms with Gasteiger partial charge in [-0.3, -0.25) is 10.1 Å². The van der Waals surface area contributed by atoms with Crippen molar-refractivity contribution in [1.82, 2.24) is 4.98 Å². The van der Waals surface area contributed by atoms with E-state index in [1.165, 1.54) is 17.4 Å². The third-order valence-electron chi connectivity index (χ3n) is 2.30. The summed E-state index contributed by atoms with van der Waals surface area (Å²) in [5, 5.41) is 17.8. The molecule has 2 aromatic heterocycles. The fourth-order valence-electron chi connectivity index (χ4n) is 1.53. The van der Waals surface area contributed by atoms with Gasteiger partial charge in [-0.05, 0) is 28.9 Å². The van der Waals surface area contributed by atoms with Crippen molar-refractivity contribution in [3.63, 3.8) is 0 Å². The lowest BCUT2D eigenvalue weighted by molar-refractivity contribution is -0.384. The molecule has 5 nitrogen and oxygen atoms in total. The quantitative estimate of drug-likeness (QED) is 0.682. The summed E-state index contributed by atoms with van der Waals surface area (Å²) >= 11 is 4.85. The maximum atomic E-state index is 11.0. The first-order valence-corrected chi connectivity index (χ1v) is 6.98. The van der Waals surface area contributed by atoms with Crippen LogP contribution in [0.2, 0.25) is 0 Å². The zero-order valence-electron chi connectivity index (χ0n) is 9.51. The lowest BCUT2D eigenvalue weighted by Crippen LogP contribution is -2.02. The molecule has 0 saturated carbocycles. The van der Waals surface area contributed by atoms with Gasteiger partial charge < -0.3 is 5.32 Å². The molecule has 0 aliphatic heterocycles. The van der Waals surface area contributed by atoms with E-state index in [9.17, 15) is 10.1 Å². The fourth-order valence-corrected chi connectivity index (χ4v) is 2.99. The summed E-state index contributed by atoms with van der Waals surface area (Å²) in [6, 6.07) is 3.09. The number of hydrogen-bond acceptors (Lipinski definition) is 5. The van der Waals surface area contributed by atoms with Crippen LogP contribution in [-0.2, 0) is 0 Å². The topological polar surface area (TPSA) is 68.1 Å². The smallest absolute Gasteiger partial charge is 0.295 e. The zero-order chi connectivity index (χ0) is 13.1. The zero-order valence-corrected chi connectivity index (χ0v) is 11.9. The van der Waals surface area contributed by atoms with Gasteiger partial charge in [-0.2, -0.15) is 11.3 Å². The van der Waals surface area contributed by atoms with E-state index in [-0.39, 0.29) is 5.69 Å². The highest BCUT2D eigenvalue weighted by molar-refractivity contribution is 9.10. The molecule has 0 aliphatic carbocycles. The minimum atomic E-state index is -0.415. The van der Waals surface area contributed by atoms with Crippen LogP contribution in [0.3, 0.4) is 0 Å². The number of halogens is 1. The highest BCUT2D eigenvalue weighted by Crippen LogP contribution is 2.36. The summed E-state index contributed by atoms with van der Waals surface area (Å²) in [5.74, 6) is 0.635. The molecule has 0 unspecified atom stereocenters. The van der Waals surface area contributed by atoms with Crippen molar-refractivity contribution in [3.05, 3.63) is 37.5 Å². The Balaban J connectivity index is 2.58. The van der Waals surface area contributed by atoms with Crippen molar-refractivity contribution < 1.29 is 4.92 Å². The molecule has 0 spiro atoms. The standard InChI is InChI=1S/C11H10BrN3O2S/c1-2-13-10-4-3-9(15(16)17)11(14-10)7-5-18-6-8(7)12/h3-6H,2H2,1H3,(H,13,14). The van der Waals surface area contributed by atoms with Gasteiger partial charge in [-0.25, -0.2) is 4.98 Å². The Morgan fingerprint density at radius 2 is 2.28 bits per heavy atom. The van der Waals surface area contributed by atoms with Crippen LogP contribution in [0.1, 0.15) is 6.92 Å². The first kappa shape index (κ1) is 13.0. The van der Waals surface area contributed by atoms with Crippen molar-refractivity contribution in [2.75, 3.05) is 11.9 Å². The number of pyridine rings is 1. The molecular formula is C11H10BrN3O2S. The average Bonchev–Trinajstić information content (AvgIpc) is 2.75. The first-order chi connectivity index (χ1) is 8.63. The highest BCUT2D eigenvalue weighted by Gasteiger charge is 2.20. The van der Waals surface area contributed by atoms with E-state index in [1.54, 1.807) is 6.07 Å². The van der Waals surface area contributed by atoms with Crippen LogP contribution in [0.5, 0.6) is 0 Å². The van der Waals surface area contributed by atoms with Crippen LogP contribution in [-0.4, -0.2) is 16.5 Å². The number of rotatable bonds is 4. The molecule has 94 valence electrons. The lowest BCUT2D eigenvalue weighted by Gasteiger charge is -2.06. The van der Waals surface area contributed by atoms with Crippen LogP contribution >= 0.6 is 27.3 Å². The van der Waals surface area contributed by atoms with Gasteiger partial charge in [0.25, 0.3) is 5.69 Å².